The van der Waals surface area contributed by atoms with E-state index in [9.17, 15) is 23.4 Å². The van der Waals surface area contributed by atoms with Crippen LogP contribution in [0.15, 0.2) is 92.8 Å². The second-order valence-electron chi connectivity index (χ2n) is 9.98. The Morgan fingerprint density at radius 1 is 0.976 bits per heavy atom. The molecule has 2 atom stereocenters. The maximum Gasteiger partial charge on any atom is 0.404 e. The average Bonchev–Trinajstić information content (AvgIpc) is 3.43. The van der Waals surface area contributed by atoms with Gasteiger partial charge >= 0.3 is 6.09 Å². The molecule has 0 aliphatic rings. The number of hydrogen-bond acceptors (Lipinski definition) is 7. The van der Waals surface area contributed by atoms with E-state index in [0.29, 0.717) is 17.3 Å². The van der Waals surface area contributed by atoms with Gasteiger partial charge in [-0.25, -0.2) is 13.2 Å². The maximum atomic E-state index is 13.7. The number of nitrogens with one attached hydrogen (secondary N) is 1. The lowest BCUT2D eigenvalue weighted by atomic mass is 10.0. The third-order valence-corrected chi connectivity index (χ3v) is 8.67. The second-order valence-corrected chi connectivity index (χ2v) is 12.8. The number of benzene rings is 3. The molecule has 0 saturated heterocycles. The third-order valence-electron chi connectivity index (χ3n) is 6.30. The lowest BCUT2D eigenvalue weighted by molar-refractivity contribution is 0.0980. The standard InChI is InChI=1S/C29H31BrN4O6S/c1-19(2)17-34(18-26(35)25(31-29(36)37)16-20-6-4-3-5-7-20)41(38,39)24-14-10-21(11-15-24)27-32-28(40-33-27)22-8-12-23(30)13-9-22/h3-15,19,25-26,31,35H,16-18H2,1-2H3,(H,36,37)/t25-,26+/m0/s1. The van der Waals surface area contributed by atoms with Crippen molar-refractivity contribution in [2.45, 2.75) is 37.3 Å². The van der Waals surface area contributed by atoms with Crippen molar-refractivity contribution in [1.29, 1.82) is 0 Å². The molecular formula is C29H31BrN4O6S. The van der Waals surface area contributed by atoms with Gasteiger partial charge in [0.05, 0.1) is 17.0 Å². The first-order valence-electron chi connectivity index (χ1n) is 12.9. The zero-order valence-electron chi connectivity index (χ0n) is 22.5. The maximum absolute atomic E-state index is 13.7. The monoisotopic (exact) mass is 642 g/mol. The van der Waals surface area contributed by atoms with Crippen LogP contribution >= 0.6 is 15.9 Å². The summed E-state index contributed by atoms with van der Waals surface area (Å²) in [6.07, 6.45) is -2.40. The summed E-state index contributed by atoms with van der Waals surface area (Å²) in [7, 11) is -4.04. The summed E-state index contributed by atoms with van der Waals surface area (Å²) in [5, 5.41) is 26.8. The van der Waals surface area contributed by atoms with Crippen molar-refractivity contribution in [3.05, 3.63) is 88.9 Å². The molecule has 3 N–H and O–H groups in total. The van der Waals surface area contributed by atoms with Crippen molar-refractivity contribution in [3.63, 3.8) is 0 Å². The van der Waals surface area contributed by atoms with Crippen LogP contribution in [0.25, 0.3) is 22.8 Å². The minimum absolute atomic E-state index is 0.0246. The highest BCUT2D eigenvalue weighted by atomic mass is 79.9. The van der Waals surface area contributed by atoms with Crippen molar-refractivity contribution in [2.75, 3.05) is 13.1 Å². The van der Waals surface area contributed by atoms with Gasteiger partial charge in [0.15, 0.2) is 0 Å². The van der Waals surface area contributed by atoms with Crippen LogP contribution in [0.2, 0.25) is 0 Å². The Morgan fingerprint density at radius 3 is 2.22 bits per heavy atom. The SMILES string of the molecule is CC(C)CN(C[C@@H](O)[C@H](Cc1ccccc1)NC(=O)O)S(=O)(=O)c1ccc(-c2noc(-c3ccc(Br)cc3)n2)cc1. The molecule has 0 spiro atoms. The number of aromatic nitrogens is 2. The van der Waals surface area contributed by atoms with E-state index < -0.39 is 28.3 Å². The summed E-state index contributed by atoms with van der Waals surface area (Å²) in [5.41, 5.74) is 2.13. The first-order valence-corrected chi connectivity index (χ1v) is 15.2. The van der Waals surface area contributed by atoms with Gasteiger partial charge in [-0.3, -0.25) is 0 Å². The molecule has 3 aromatic carbocycles. The zero-order chi connectivity index (χ0) is 29.6. The normalized spacial score (nSPS) is 13.3. The highest BCUT2D eigenvalue weighted by molar-refractivity contribution is 9.10. The summed E-state index contributed by atoms with van der Waals surface area (Å²) in [6, 6.07) is 21.7. The average molecular weight is 644 g/mol. The van der Waals surface area contributed by atoms with Crippen LogP contribution in [-0.2, 0) is 16.4 Å². The molecule has 0 fully saturated rings. The van der Waals surface area contributed by atoms with E-state index in [1.165, 1.54) is 16.4 Å². The molecule has 0 aliphatic carbocycles. The number of aliphatic hydroxyl groups excluding tert-OH is 1. The summed E-state index contributed by atoms with van der Waals surface area (Å²) >= 11 is 3.39. The van der Waals surface area contributed by atoms with Crippen LogP contribution in [0.1, 0.15) is 19.4 Å². The summed E-state index contributed by atoms with van der Waals surface area (Å²) in [6.45, 7) is 3.58. The number of aliphatic hydroxyl groups is 1. The largest absolute Gasteiger partial charge is 0.465 e. The molecule has 216 valence electrons. The highest BCUT2D eigenvalue weighted by Gasteiger charge is 2.31. The molecule has 0 unspecified atom stereocenters. The molecule has 0 bridgehead atoms. The number of carboxylic acid groups (broad SMARTS) is 1. The van der Waals surface area contributed by atoms with Gasteiger partial charge in [-0.1, -0.05) is 65.3 Å². The topological polar surface area (TPSA) is 146 Å². The van der Waals surface area contributed by atoms with Crippen LogP contribution in [-0.4, -0.2) is 64.4 Å². The fourth-order valence-corrected chi connectivity index (χ4v) is 6.19. The first kappa shape index (κ1) is 30.4. The Bertz CT molecular complexity index is 1540. The Balaban J connectivity index is 1.54. The molecule has 1 heterocycles. The molecule has 12 heteroatoms. The van der Waals surface area contributed by atoms with Gasteiger partial charge in [-0.2, -0.15) is 9.29 Å². The third kappa shape index (κ3) is 8.00. The Labute approximate surface area is 247 Å². The number of nitrogens with zero attached hydrogens (tertiary/aromatic N) is 3. The van der Waals surface area contributed by atoms with Crippen LogP contribution in [0, 0.1) is 5.92 Å². The van der Waals surface area contributed by atoms with Crippen molar-refractivity contribution in [2.24, 2.45) is 5.92 Å². The van der Waals surface area contributed by atoms with Gasteiger partial charge < -0.3 is 20.1 Å². The van der Waals surface area contributed by atoms with E-state index >= 15 is 0 Å². The minimum Gasteiger partial charge on any atom is -0.465 e. The molecule has 4 aromatic rings. The van der Waals surface area contributed by atoms with Crippen LogP contribution in [0.5, 0.6) is 0 Å². The van der Waals surface area contributed by atoms with Crippen molar-refractivity contribution >= 4 is 32.0 Å². The fraction of sp³-hybridized carbons (Fsp3) is 0.276. The molecule has 1 aromatic heterocycles. The van der Waals surface area contributed by atoms with Gasteiger partial charge in [-0.15, -0.1) is 0 Å². The van der Waals surface area contributed by atoms with Gasteiger partial charge in [-0.05, 0) is 66.4 Å². The lowest BCUT2D eigenvalue weighted by Crippen LogP contribution is -2.50. The van der Waals surface area contributed by atoms with E-state index in [4.69, 9.17) is 4.52 Å². The molecule has 41 heavy (non-hydrogen) atoms. The van der Waals surface area contributed by atoms with Crippen LogP contribution in [0.4, 0.5) is 4.79 Å². The van der Waals surface area contributed by atoms with Gasteiger partial charge in [0.1, 0.15) is 0 Å². The van der Waals surface area contributed by atoms with E-state index in [1.807, 2.05) is 68.4 Å². The summed E-state index contributed by atoms with van der Waals surface area (Å²) < 4.78 is 34.9. The van der Waals surface area contributed by atoms with Crippen molar-refractivity contribution in [3.8, 4) is 22.8 Å². The molecular weight excluding hydrogens is 612 g/mol. The van der Waals surface area contributed by atoms with Gasteiger partial charge in [0.25, 0.3) is 5.89 Å². The number of rotatable bonds is 12. The van der Waals surface area contributed by atoms with Crippen molar-refractivity contribution in [1.82, 2.24) is 19.8 Å². The Morgan fingerprint density at radius 2 is 1.61 bits per heavy atom. The molecule has 10 nitrogen and oxygen atoms in total. The Kier molecular flexibility index (Phi) is 9.92. The number of amides is 1. The second kappa shape index (κ2) is 13.4. The van der Waals surface area contributed by atoms with E-state index in [-0.39, 0.29) is 30.3 Å². The first-order chi connectivity index (χ1) is 19.5. The predicted molar refractivity (Wildman–Crippen MR) is 158 cm³/mol. The van der Waals surface area contributed by atoms with Crippen molar-refractivity contribution < 1.29 is 27.9 Å². The molecule has 0 radical (unpaired) electrons. The molecule has 0 aliphatic heterocycles. The van der Waals surface area contributed by atoms with Crippen LogP contribution in [0.3, 0.4) is 0 Å². The van der Waals surface area contributed by atoms with E-state index in [2.05, 4.69) is 31.4 Å². The molecule has 1 amide bonds. The number of hydrogen-bond donors (Lipinski definition) is 3. The highest BCUT2D eigenvalue weighted by Crippen LogP contribution is 2.26. The van der Waals surface area contributed by atoms with Gasteiger partial charge in [0.2, 0.25) is 15.8 Å². The smallest absolute Gasteiger partial charge is 0.404 e. The molecule has 0 saturated carbocycles. The fourth-order valence-electron chi connectivity index (χ4n) is 4.30. The van der Waals surface area contributed by atoms with Crippen LogP contribution < -0.4 is 5.32 Å². The van der Waals surface area contributed by atoms with E-state index in [0.717, 1.165) is 15.6 Å². The predicted octanol–water partition coefficient (Wildman–Crippen LogP) is 5.05. The zero-order valence-corrected chi connectivity index (χ0v) is 24.9. The summed E-state index contributed by atoms with van der Waals surface area (Å²) in [5.74, 6) is 0.596. The van der Waals surface area contributed by atoms with Gasteiger partial charge in [0, 0.05) is 28.7 Å². The number of halogens is 1. The minimum atomic E-state index is -4.04. The quantitative estimate of drug-likeness (QED) is 0.195. The summed E-state index contributed by atoms with van der Waals surface area (Å²) in [4.78, 5) is 15.9. The number of sulfonamides is 1. The lowest BCUT2D eigenvalue weighted by Gasteiger charge is -2.30. The number of carbonyl (C=O) groups is 1. The molecule has 4 rings (SSSR count). The Hall–Kier alpha value is -3.58. The van der Waals surface area contributed by atoms with E-state index in [1.54, 1.807) is 12.1 Å².